The van der Waals surface area contributed by atoms with E-state index in [1.807, 2.05) is 13.8 Å². The molecule has 1 aromatic carbocycles. The second-order valence-electron chi connectivity index (χ2n) is 10.3. The van der Waals surface area contributed by atoms with Gasteiger partial charge in [0.25, 0.3) is 5.91 Å². The third-order valence-electron chi connectivity index (χ3n) is 5.50. The van der Waals surface area contributed by atoms with Crippen molar-refractivity contribution in [1.82, 2.24) is 20.4 Å². The standard InChI is InChI=1S/C25H28FN5O8S/c1-13(2)37-15-7-6-14(27-10-15)11-31-19-8-16(21-29-24(34)39-30-21)17(26)9-20(19)40(35,36)12-18(22(31)32)28-23(33)38-25(3,4)5/h6-10,13,18H,11-12H2,1-5H3,(H,28,33)(H,29,30,34)/t18-/m0/s1. The molecule has 2 aromatic heterocycles. The smallest absolute Gasteiger partial charge is 0.439 e. The summed E-state index contributed by atoms with van der Waals surface area (Å²) in [4.78, 5) is 44.9. The molecule has 4 rings (SSSR count). The van der Waals surface area contributed by atoms with Crippen LogP contribution < -0.4 is 20.7 Å². The van der Waals surface area contributed by atoms with Crippen LogP contribution in [0, 0.1) is 5.82 Å². The molecule has 2 N–H and O–H groups in total. The van der Waals surface area contributed by atoms with Gasteiger partial charge in [0.1, 0.15) is 23.2 Å². The lowest BCUT2D eigenvalue weighted by atomic mass is 10.1. The largest absolute Gasteiger partial charge is 0.489 e. The summed E-state index contributed by atoms with van der Waals surface area (Å²) in [6.45, 7) is 8.26. The van der Waals surface area contributed by atoms with Gasteiger partial charge in [-0.1, -0.05) is 5.16 Å². The minimum absolute atomic E-state index is 0.104. The number of hydrogen-bond donors (Lipinski definition) is 2. The maximum atomic E-state index is 15.2. The molecule has 214 valence electrons. The quantitative estimate of drug-likeness (QED) is 0.443. The number of ether oxygens (including phenoxy) is 2. The van der Waals surface area contributed by atoms with Gasteiger partial charge in [0.2, 0.25) is 0 Å². The molecule has 0 radical (unpaired) electrons. The molecule has 0 fully saturated rings. The van der Waals surface area contributed by atoms with E-state index < -0.39 is 55.7 Å². The first-order valence-corrected chi connectivity index (χ1v) is 13.8. The molecule has 0 saturated carbocycles. The monoisotopic (exact) mass is 577 g/mol. The van der Waals surface area contributed by atoms with Crippen molar-refractivity contribution < 1.29 is 36.4 Å². The van der Waals surface area contributed by atoms with Crippen LogP contribution in [-0.2, 0) is 25.9 Å². The van der Waals surface area contributed by atoms with Gasteiger partial charge in [0, 0.05) is 0 Å². The number of hydrogen-bond acceptors (Lipinski definition) is 10. The topological polar surface area (TPSA) is 174 Å². The minimum atomic E-state index is -4.34. The van der Waals surface area contributed by atoms with Crippen LogP contribution in [-0.4, -0.2) is 59.0 Å². The zero-order valence-corrected chi connectivity index (χ0v) is 23.2. The molecular formula is C25H28FN5O8S. The van der Waals surface area contributed by atoms with E-state index in [1.165, 1.54) is 6.20 Å². The fourth-order valence-electron chi connectivity index (χ4n) is 3.94. The number of H-pyrrole nitrogens is 1. The Balaban J connectivity index is 1.82. The van der Waals surface area contributed by atoms with E-state index in [0.29, 0.717) is 11.4 Å². The van der Waals surface area contributed by atoms with Crippen LogP contribution in [0.5, 0.6) is 5.75 Å². The molecule has 0 saturated heterocycles. The normalized spacial score (nSPS) is 16.8. The number of pyridine rings is 1. The summed E-state index contributed by atoms with van der Waals surface area (Å²) in [6.07, 6.45) is 0.335. The van der Waals surface area contributed by atoms with Crippen LogP contribution in [0.25, 0.3) is 11.4 Å². The summed E-state index contributed by atoms with van der Waals surface area (Å²) in [5.74, 6) is -3.50. The number of fused-ring (bicyclic) bond motifs is 1. The molecule has 1 atom stereocenters. The first kappa shape index (κ1) is 28.7. The number of benzene rings is 1. The third-order valence-corrected chi connectivity index (χ3v) is 7.27. The number of rotatable bonds is 6. The van der Waals surface area contributed by atoms with Crippen molar-refractivity contribution in [3.05, 3.63) is 52.5 Å². The summed E-state index contributed by atoms with van der Waals surface area (Å²) >= 11 is 0. The Bertz CT molecular complexity index is 1590. The second kappa shape index (κ2) is 10.7. The van der Waals surface area contributed by atoms with Gasteiger partial charge in [-0.3, -0.25) is 19.3 Å². The molecule has 2 amide bonds. The molecule has 0 bridgehead atoms. The molecule has 40 heavy (non-hydrogen) atoms. The molecular weight excluding hydrogens is 549 g/mol. The van der Waals surface area contributed by atoms with Crippen LogP contribution in [0.15, 0.2) is 44.7 Å². The van der Waals surface area contributed by atoms with Crippen LogP contribution in [0.4, 0.5) is 14.9 Å². The molecule has 1 aliphatic heterocycles. The van der Waals surface area contributed by atoms with E-state index >= 15 is 4.39 Å². The van der Waals surface area contributed by atoms with Gasteiger partial charge >= 0.3 is 11.8 Å². The maximum absolute atomic E-state index is 15.2. The Morgan fingerprint density at radius 3 is 2.58 bits per heavy atom. The Labute approximate surface area is 228 Å². The van der Waals surface area contributed by atoms with Crippen molar-refractivity contribution in [2.24, 2.45) is 0 Å². The van der Waals surface area contributed by atoms with Crippen molar-refractivity contribution >= 4 is 27.5 Å². The van der Waals surface area contributed by atoms with Crippen molar-refractivity contribution in [3.63, 3.8) is 0 Å². The minimum Gasteiger partial charge on any atom is -0.489 e. The van der Waals surface area contributed by atoms with Gasteiger partial charge in [-0.2, -0.15) is 0 Å². The molecule has 15 heteroatoms. The summed E-state index contributed by atoms with van der Waals surface area (Å²) in [7, 11) is -4.34. The van der Waals surface area contributed by atoms with Gasteiger partial charge in [-0.15, -0.1) is 0 Å². The number of amides is 2. The summed E-state index contributed by atoms with van der Waals surface area (Å²) < 4.78 is 57.2. The first-order valence-electron chi connectivity index (χ1n) is 12.2. The molecule has 3 aromatic rings. The first-order chi connectivity index (χ1) is 18.6. The maximum Gasteiger partial charge on any atom is 0.439 e. The number of carbonyl (C=O) groups excluding carboxylic acids is 2. The van der Waals surface area contributed by atoms with Crippen molar-refractivity contribution in [1.29, 1.82) is 0 Å². The third kappa shape index (κ3) is 6.47. The van der Waals surface area contributed by atoms with Crippen molar-refractivity contribution in [2.75, 3.05) is 10.7 Å². The van der Waals surface area contributed by atoms with Gasteiger partial charge in [-0.25, -0.2) is 22.4 Å². The number of anilines is 1. The fourth-order valence-corrected chi connectivity index (χ4v) is 5.56. The SMILES string of the molecule is CC(C)Oc1ccc(CN2C(=O)[C@@H](NC(=O)OC(C)(C)C)CS(=O)(=O)c3cc(F)c(-c4noc(=O)[nH]4)cc32)nc1. The molecule has 0 spiro atoms. The van der Waals surface area contributed by atoms with E-state index in [4.69, 9.17) is 9.47 Å². The zero-order valence-electron chi connectivity index (χ0n) is 22.3. The highest BCUT2D eigenvalue weighted by molar-refractivity contribution is 7.91. The highest BCUT2D eigenvalue weighted by Gasteiger charge is 2.40. The summed E-state index contributed by atoms with van der Waals surface area (Å²) in [5.41, 5.74) is -1.10. The molecule has 3 heterocycles. The number of sulfone groups is 1. The Kier molecular flexibility index (Phi) is 7.70. The number of halogens is 1. The Morgan fingerprint density at radius 1 is 1.27 bits per heavy atom. The van der Waals surface area contributed by atoms with Gasteiger partial charge in [0.05, 0.1) is 46.4 Å². The lowest BCUT2D eigenvalue weighted by molar-refractivity contribution is -0.120. The lowest BCUT2D eigenvalue weighted by Gasteiger charge is -2.27. The van der Waals surface area contributed by atoms with Crippen LogP contribution in [0.3, 0.4) is 0 Å². The predicted octanol–water partition coefficient (Wildman–Crippen LogP) is 2.57. The fraction of sp³-hybridized carbons (Fsp3) is 0.400. The number of aromatic amines is 1. The molecule has 0 aliphatic carbocycles. The van der Waals surface area contributed by atoms with Gasteiger partial charge < -0.3 is 19.7 Å². The van der Waals surface area contributed by atoms with Crippen LogP contribution in [0.1, 0.15) is 40.3 Å². The molecule has 1 aliphatic rings. The highest BCUT2D eigenvalue weighted by Crippen LogP contribution is 2.36. The van der Waals surface area contributed by atoms with Gasteiger partial charge in [-0.05, 0) is 58.9 Å². The Morgan fingerprint density at radius 2 is 2.00 bits per heavy atom. The summed E-state index contributed by atoms with van der Waals surface area (Å²) in [5, 5.41) is 5.80. The van der Waals surface area contributed by atoms with Crippen LogP contribution in [0.2, 0.25) is 0 Å². The van der Waals surface area contributed by atoms with Crippen molar-refractivity contribution in [2.45, 2.75) is 63.8 Å². The predicted molar refractivity (Wildman–Crippen MR) is 139 cm³/mol. The van der Waals surface area contributed by atoms with Crippen molar-refractivity contribution in [3.8, 4) is 17.1 Å². The molecule has 0 unspecified atom stereocenters. The lowest BCUT2D eigenvalue weighted by Crippen LogP contribution is -2.51. The zero-order chi connectivity index (χ0) is 29.4. The Hall–Kier alpha value is -4.27. The second-order valence-corrected chi connectivity index (χ2v) is 12.3. The van der Waals surface area contributed by atoms with E-state index in [2.05, 4.69) is 25.0 Å². The number of nitrogens with zero attached hydrogens (tertiary/aromatic N) is 3. The number of aromatic nitrogens is 3. The average Bonchev–Trinajstić information content (AvgIpc) is 3.24. The number of alkyl carbamates (subject to hydrolysis) is 1. The van der Waals surface area contributed by atoms with E-state index in [0.717, 1.165) is 17.0 Å². The van der Waals surface area contributed by atoms with E-state index in [9.17, 15) is 22.8 Å². The number of carbonyl (C=O) groups is 2. The van der Waals surface area contributed by atoms with Gasteiger partial charge in [0.15, 0.2) is 15.7 Å². The van der Waals surface area contributed by atoms with E-state index in [1.54, 1.807) is 32.9 Å². The van der Waals surface area contributed by atoms with Crippen LogP contribution >= 0.6 is 0 Å². The number of nitrogens with one attached hydrogen (secondary N) is 2. The molecule has 13 nitrogen and oxygen atoms in total. The summed E-state index contributed by atoms with van der Waals surface area (Å²) in [6, 6.07) is 3.44. The van der Waals surface area contributed by atoms with E-state index in [-0.39, 0.29) is 29.7 Å². The highest BCUT2D eigenvalue weighted by atomic mass is 32.2. The average molecular weight is 578 g/mol.